The number of rotatable bonds is 3. The SMILES string of the molecule is CC(C)c1noc([C@H](C)N(C)C)n1. The largest absolute Gasteiger partial charge is 0.338 e. The van der Waals surface area contributed by atoms with E-state index in [1.807, 2.05) is 25.9 Å². The maximum absolute atomic E-state index is 5.15. The van der Waals surface area contributed by atoms with Crippen LogP contribution in [-0.4, -0.2) is 29.1 Å². The lowest BCUT2D eigenvalue weighted by molar-refractivity contribution is 0.244. The van der Waals surface area contributed by atoms with Crippen LogP contribution in [-0.2, 0) is 0 Å². The zero-order valence-corrected chi connectivity index (χ0v) is 8.90. The van der Waals surface area contributed by atoms with Gasteiger partial charge in [-0.2, -0.15) is 4.98 Å². The molecule has 13 heavy (non-hydrogen) atoms. The van der Waals surface area contributed by atoms with Crippen molar-refractivity contribution < 1.29 is 4.52 Å². The van der Waals surface area contributed by atoms with Gasteiger partial charge in [0.15, 0.2) is 5.82 Å². The average Bonchev–Trinajstić information content (AvgIpc) is 2.50. The second-order valence-corrected chi connectivity index (χ2v) is 3.79. The molecule has 0 bridgehead atoms. The summed E-state index contributed by atoms with van der Waals surface area (Å²) < 4.78 is 5.15. The summed E-state index contributed by atoms with van der Waals surface area (Å²) in [7, 11) is 3.98. The molecule has 0 radical (unpaired) electrons. The van der Waals surface area contributed by atoms with E-state index in [0.29, 0.717) is 11.8 Å². The van der Waals surface area contributed by atoms with E-state index < -0.39 is 0 Å². The Morgan fingerprint density at radius 1 is 1.23 bits per heavy atom. The second-order valence-electron chi connectivity index (χ2n) is 3.79. The Morgan fingerprint density at radius 3 is 2.23 bits per heavy atom. The van der Waals surface area contributed by atoms with Crippen LogP contribution in [0, 0.1) is 0 Å². The minimum absolute atomic E-state index is 0.181. The lowest BCUT2D eigenvalue weighted by Gasteiger charge is -2.14. The molecule has 74 valence electrons. The standard InChI is InChI=1S/C9H17N3O/c1-6(2)8-10-9(13-11-8)7(3)12(4)5/h6-7H,1-5H3/t7-/m0/s1. The van der Waals surface area contributed by atoms with Crippen molar-refractivity contribution in [2.75, 3.05) is 14.1 Å². The van der Waals surface area contributed by atoms with Gasteiger partial charge in [-0.3, -0.25) is 4.90 Å². The van der Waals surface area contributed by atoms with Crippen molar-refractivity contribution in [3.63, 3.8) is 0 Å². The minimum Gasteiger partial charge on any atom is -0.338 e. The van der Waals surface area contributed by atoms with Crippen LogP contribution < -0.4 is 0 Å². The van der Waals surface area contributed by atoms with Gasteiger partial charge in [-0.25, -0.2) is 0 Å². The van der Waals surface area contributed by atoms with E-state index in [4.69, 9.17) is 4.52 Å². The monoisotopic (exact) mass is 183 g/mol. The predicted molar refractivity (Wildman–Crippen MR) is 50.5 cm³/mol. The lowest BCUT2D eigenvalue weighted by atomic mass is 10.2. The quantitative estimate of drug-likeness (QED) is 0.716. The Kier molecular flexibility index (Phi) is 3.03. The first-order valence-corrected chi connectivity index (χ1v) is 4.52. The highest BCUT2D eigenvalue weighted by atomic mass is 16.5. The Labute approximate surface area is 78.9 Å². The summed E-state index contributed by atoms with van der Waals surface area (Å²) in [6.07, 6.45) is 0. The van der Waals surface area contributed by atoms with Crippen LogP contribution in [0.3, 0.4) is 0 Å². The predicted octanol–water partition coefficient (Wildman–Crippen LogP) is 1.82. The first-order valence-electron chi connectivity index (χ1n) is 4.52. The number of hydrogen-bond acceptors (Lipinski definition) is 4. The summed E-state index contributed by atoms with van der Waals surface area (Å²) in [6, 6.07) is 0.181. The fourth-order valence-corrected chi connectivity index (χ4v) is 0.872. The zero-order chi connectivity index (χ0) is 10.0. The lowest BCUT2D eigenvalue weighted by Crippen LogP contribution is -2.17. The molecule has 0 spiro atoms. The van der Waals surface area contributed by atoms with Gasteiger partial charge in [0.2, 0.25) is 5.89 Å². The highest BCUT2D eigenvalue weighted by molar-refractivity contribution is 4.94. The molecule has 0 aliphatic rings. The second kappa shape index (κ2) is 3.87. The molecule has 0 aromatic carbocycles. The summed E-state index contributed by atoms with van der Waals surface area (Å²) in [4.78, 5) is 6.35. The summed E-state index contributed by atoms with van der Waals surface area (Å²) in [5.74, 6) is 1.80. The molecule has 0 N–H and O–H groups in total. The van der Waals surface area contributed by atoms with E-state index in [9.17, 15) is 0 Å². The van der Waals surface area contributed by atoms with Gasteiger partial charge >= 0.3 is 0 Å². The van der Waals surface area contributed by atoms with Crippen molar-refractivity contribution in [3.8, 4) is 0 Å². The van der Waals surface area contributed by atoms with Crippen LogP contribution in [0.15, 0.2) is 4.52 Å². The van der Waals surface area contributed by atoms with Crippen molar-refractivity contribution in [3.05, 3.63) is 11.7 Å². The summed E-state index contributed by atoms with van der Waals surface area (Å²) in [5, 5.41) is 3.91. The molecule has 0 amide bonds. The fraction of sp³-hybridized carbons (Fsp3) is 0.778. The Bertz CT molecular complexity index is 268. The third-order valence-corrected chi connectivity index (χ3v) is 2.11. The molecule has 0 aliphatic carbocycles. The fourth-order valence-electron chi connectivity index (χ4n) is 0.872. The summed E-state index contributed by atoms with van der Waals surface area (Å²) >= 11 is 0. The van der Waals surface area contributed by atoms with Gasteiger partial charge in [0, 0.05) is 5.92 Å². The van der Waals surface area contributed by atoms with Crippen molar-refractivity contribution in [1.29, 1.82) is 0 Å². The number of aromatic nitrogens is 2. The molecule has 1 aromatic rings. The molecule has 1 heterocycles. The molecule has 1 atom stereocenters. The van der Waals surface area contributed by atoms with Gasteiger partial charge in [0.25, 0.3) is 0 Å². The van der Waals surface area contributed by atoms with E-state index in [1.165, 1.54) is 0 Å². The third kappa shape index (κ3) is 2.28. The summed E-state index contributed by atoms with van der Waals surface area (Å²) in [6.45, 7) is 6.14. The van der Waals surface area contributed by atoms with Gasteiger partial charge in [0.05, 0.1) is 6.04 Å². The van der Waals surface area contributed by atoms with Crippen LogP contribution >= 0.6 is 0 Å². The highest BCUT2D eigenvalue weighted by Crippen LogP contribution is 2.17. The third-order valence-electron chi connectivity index (χ3n) is 2.11. The van der Waals surface area contributed by atoms with Crippen LogP contribution in [0.2, 0.25) is 0 Å². The number of hydrogen-bond donors (Lipinski definition) is 0. The Morgan fingerprint density at radius 2 is 1.85 bits per heavy atom. The normalized spacial score (nSPS) is 14.1. The van der Waals surface area contributed by atoms with Crippen LogP contribution in [0.25, 0.3) is 0 Å². The highest BCUT2D eigenvalue weighted by Gasteiger charge is 2.16. The molecule has 1 aromatic heterocycles. The summed E-state index contributed by atoms with van der Waals surface area (Å²) in [5.41, 5.74) is 0. The first kappa shape index (κ1) is 10.2. The van der Waals surface area contributed by atoms with Gasteiger partial charge < -0.3 is 4.52 Å². The van der Waals surface area contributed by atoms with E-state index in [0.717, 1.165) is 5.82 Å². The van der Waals surface area contributed by atoms with Gasteiger partial charge in [-0.15, -0.1) is 0 Å². The molecular weight excluding hydrogens is 166 g/mol. The topological polar surface area (TPSA) is 42.2 Å². The molecule has 0 fully saturated rings. The molecular formula is C9H17N3O. The van der Waals surface area contributed by atoms with Gasteiger partial charge in [0.1, 0.15) is 0 Å². The van der Waals surface area contributed by atoms with Gasteiger partial charge in [-0.1, -0.05) is 19.0 Å². The average molecular weight is 183 g/mol. The number of nitrogens with zero attached hydrogens (tertiary/aromatic N) is 3. The van der Waals surface area contributed by atoms with E-state index in [2.05, 4.69) is 24.0 Å². The molecule has 4 nitrogen and oxygen atoms in total. The molecule has 0 saturated carbocycles. The first-order chi connectivity index (χ1) is 6.02. The molecule has 4 heteroatoms. The van der Waals surface area contributed by atoms with Crippen LogP contribution in [0.4, 0.5) is 0 Å². The molecule has 0 aliphatic heterocycles. The van der Waals surface area contributed by atoms with Crippen LogP contribution in [0.1, 0.15) is 44.4 Å². The minimum atomic E-state index is 0.181. The molecule has 0 unspecified atom stereocenters. The van der Waals surface area contributed by atoms with Crippen LogP contribution in [0.5, 0.6) is 0 Å². The zero-order valence-electron chi connectivity index (χ0n) is 8.90. The van der Waals surface area contributed by atoms with E-state index in [-0.39, 0.29) is 6.04 Å². The van der Waals surface area contributed by atoms with Gasteiger partial charge in [-0.05, 0) is 21.0 Å². The Balaban J connectivity index is 2.79. The van der Waals surface area contributed by atoms with Crippen molar-refractivity contribution in [2.24, 2.45) is 0 Å². The van der Waals surface area contributed by atoms with E-state index >= 15 is 0 Å². The smallest absolute Gasteiger partial charge is 0.243 e. The van der Waals surface area contributed by atoms with Crippen molar-refractivity contribution in [2.45, 2.75) is 32.7 Å². The maximum atomic E-state index is 5.15. The maximum Gasteiger partial charge on any atom is 0.243 e. The Hall–Kier alpha value is -0.900. The van der Waals surface area contributed by atoms with E-state index in [1.54, 1.807) is 0 Å². The molecule has 1 rings (SSSR count). The van der Waals surface area contributed by atoms with Crippen molar-refractivity contribution >= 4 is 0 Å². The van der Waals surface area contributed by atoms with Crippen molar-refractivity contribution in [1.82, 2.24) is 15.0 Å². The molecule has 0 saturated heterocycles.